The van der Waals surface area contributed by atoms with Gasteiger partial charge in [0.15, 0.2) is 0 Å². The number of carbonyl (C=O) groups is 2. The Morgan fingerprint density at radius 2 is 2.12 bits per heavy atom. The maximum absolute atomic E-state index is 12.4. The molecule has 1 N–H and O–H groups in total. The molecule has 7 heteroatoms. The van der Waals surface area contributed by atoms with Gasteiger partial charge < -0.3 is 15.0 Å². The second kappa shape index (κ2) is 7.53. The summed E-state index contributed by atoms with van der Waals surface area (Å²) in [5, 5.41) is 3.38. The summed E-state index contributed by atoms with van der Waals surface area (Å²) < 4.78 is 5.30. The zero-order valence-corrected chi connectivity index (χ0v) is 14.5. The van der Waals surface area contributed by atoms with Gasteiger partial charge in [0, 0.05) is 36.9 Å². The Hall–Kier alpha value is -2.60. The number of pyridine rings is 1. The summed E-state index contributed by atoms with van der Waals surface area (Å²) >= 11 is 6.04. The third-order valence-corrected chi connectivity index (χ3v) is 4.38. The lowest BCUT2D eigenvalue weighted by molar-refractivity contribution is -0.126. The molecule has 130 valence electrons. The highest BCUT2D eigenvalue weighted by Gasteiger charge is 2.36. The van der Waals surface area contributed by atoms with Crippen molar-refractivity contribution in [2.24, 2.45) is 5.92 Å². The molecular formula is C18H18ClN3O3. The number of amides is 2. The number of ether oxygens (including phenoxy) is 1. The fraction of sp³-hybridized carbons (Fsp3) is 0.278. The first-order valence-electron chi connectivity index (χ1n) is 7.89. The van der Waals surface area contributed by atoms with Gasteiger partial charge in [-0.2, -0.15) is 0 Å². The molecule has 1 atom stereocenters. The van der Waals surface area contributed by atoms with Crippen LogP contribution in [0.2, 0.25) is 5.02 Å². The highest BCUT2D eigenvalue weighted by atomic mass is 35.5. The number of nitrogens with zero attached hydrogens (tertiary/aromatic N) is 2. The van der Waals surface area contributed by atoms with Gasteiger partial charge in [0.05, 0.1) is 18.7 Å². The third-order valence-electron chi connectivity index (χ3n) is 4.14. The normalized spacial score (nSPS) is 16.8. The molecule has 1 aliphatic rings. The van der Waals surface area contributed by atoms with Crippen molar-refractivity contribution >= 4 is 29.1 Å². The van der Waals surface area contributed by atoms with E-state index in [1.165, 1.54) is 7.11 Å². The summed E-state index contributed by atoms with van der Waals surface area (Å²) in [6, 6.07) is 8.76. The van der Waals surface area contributed by atoms with E-state index in [-0.39, 0.29) is 18.2 Å². The van der Waals surface area contributed by atoms with Crippen molar-refractivity contribution in [1.82, 2.24) is 10.3 Å². The van der Waals surface area contributed by atoms with Gasteiger partial charge in [-0.15, -0.1) is 0 Å². The standard InChI is InChI=1S/C18H18ClN3O3/c1-25-16-3-2-14(19)9-15(16)22-11-13(8-17(22)23)18(24)21-10-12-4-6-20-7-5-12/h2-7,9,13H,8,10-11H2,1H3,(H,21,24)/t13-/m0/s1. The maximum atomic E-state index is 12.4. The Morgan fingerprint density at radius 3 is 2.84 bits per heavy atom. The van der Waals surface area contributed by atoms with Gasteiger partial charge in [-0.25, -0.2) is 0 Å². The van der Waals surface area contributed by atoms with Gasteiger partial charge in [-0.1, -0.05) is 11.6 Å². The smallest absolute Gasteiger partial charge is 0.227 e. The van der Waals surface area contributed by atoms with Gasteiger partial charge in [0.1, 0.15) is 5.75 Å². The average Bonchev–Trinajstić information content (AvgIpc) is 3.02. The first-order valence-corrected chi connectivity index (χ1v) is 8.27. The van der Waals surface area contributed by atoms with Crippen LogP contribution in [0.15, 0.2) is 42.7 Å². The van der Waals surface area contributed by atoms with E-state index in [1.54, 1.807) is 35.5 Å². The molecule has 1 saturated heterocycles. The van der Waals surface area contributed by atoms with Gasteiger partial charge in [-0.05, 0) is 35.9 Å². The monoisotopic (exact) mass is 359 g/mol. The summed E-state index contributed by atoms with van der Waals surface area (Å²) in [6.07, 6.45) is 3.51. The zero-order chi connectivity index (χ0) is 17.8. The molecule has 1 aromatic carbocycles. The third kappa shape index (κ3) is 3.91. The summed E-state index contributed by atoms with van der Waals surface area (Å²) in [6.45, 7) is 0.713. The lowest BCUT2D eigenvalue weighted by Gasteiger charge is -2.19. The first-order chi connectivity index (χ1) is 12.1. The minimum Gasteiger partial charge on any atom is -0.495 e. The summed E-state index contributed by atoms with van der Waals surface area (Å²) in [7, 11) is 1.53. The number of methoxy groups -OCH3 is 1. The van der Waals surface area contributed by atoms with Crippen LogP contribution in [0.1, 0.15) is 12.0 Å². The van der Waals surface area contributed by atoms with Crippen LogP contribution in [0.25, 0.3) is 0 Å². The molecule has 2 heterocycles. The van der Waals surface area contributed by atoms with Crippen molar-refractivity contribution in [2.45, 2.75) is 13.0 Å². The second-order valence-electron chi connectivity index (χ2n) is 5.79. The molecule has 0 aliphatic carbocycles. The van der Waals surface area contributed by atoms with Crippen molar-refractivity contribution in [3.05, 3.63) is 53.3 Å². The van der Waals surface area contributed by atoms with Gasteiger partial charge in [0.2, 0.25) is 11.8 Å². The summed E-state index contributed by atoms with van der Waals surface area (Å²) in [4.78, 5) is 30.3. The zero-order valence-electron chi connectivity index (χ0n) is 13.7. The molecule has 1 aliphatic heterocycles. The van der Waals surface area contributed by atoms with Gasteiger partial charge in [-0.3, -0.25) is 14.6 Å². The molecule has 0 spiro atoms. The molecule has 6 nitrogen and oxygen atoms in total. The molecule has 1 fully saturated rings. The van der Waals surface area contributed by atoms with E-state index in [2.05, 4.69) is 10.3 Å². The molecule has 2 aromatic rings. The number of benzene rings is 1. The van der Waals surface area contributed by atoms with Gasteiger partial charge in [0.25, 0.3) is 0 Å². The topological polar surface area (TPSA) is 71.5 Å². The molecular weight excluding hydrogens is 342 g/mol. The molecule has 25 heavy (non-hydrogen) atoms. The van der Waals surface area contributed by atoms with E-state index in [4.69, 9.17) is 16.3 Å². The predicted octanol–water partition coefficient (Wildman–Crippen LogP) is 2.41. The Balaban J connectivity index is 1.68. The van der Waals surface area contributed by atoms with Crippen molar-refractivity contribution in [1.29, 1.82) is 0 Å². The number of anilines is 1. The van der Waals surface area contributed by atoms with Crippen LogP contribution in [-0.4, -0.2) is 30.5 Å². The van der Waals surface area contributed by atoms with Crippen LogP contribution >= 0.6 is 11.6 Å². The van der Waals surface area contributed by atoms with E-state index in [1.807, 2.05) is 12.1 Å². The minimum atomic E-state index is -0.405. The largest absolute Gasteiger partial charge is 0.495 e. The van der Waals surface area contributed by atoms with Crippen LogP contribution in [0.4, 0.5) is 5.69 Å². The maximum Gasteiger partial charge on any atom is 0.227 e. The van der Waals surface area contributed by atoms with Crippen LogP contribution in [0, 0.1) is 5.92 Å². The number of nitrogens with one attached hydrogen (secondary N) is 1. The highest BCUT2D eigenvalue weighted by Crippen LogP contribution is 2.35. The molecule has 3 rings (SSSR count). The summed E-state index contributed by atoms with van der Waals surface area (Å²) in [5.74, 6) is -0.119. The fourth-order valence-corrected chi connectivity index (χ4v) is 2.99. The molecule has 0 bridgehead atoms. The van der Waals surface area contributed by atoms with Crippen molar-refractivity contribution < 1.29 is 14.3 Å². The van der Waals surface area contributed by atoms with E-state index in [9.17, 15) is 9.59 Å². The van der Waals surface area contributed by atoms with Crippen molar-refractivity contribution in [3.63, 3.8) is 0 Å². The quantitative estimate of drug-likeness (QED) is 0.889. The van der Waals surface area contributed by atoms with E-state index >= 15 is 0 Å². The SMILES string of the molecule is COc1ccc(Cl)cc1N1C[C@@H](C(=O)NCc2ccncc2)CC1=O. The molecule has 0 radical (unpaired) electrons. The average molecular weight is 360 g/mol. The first kappa shape index (κ1) is 17.2. The number of rotatable bonds is 5. The Labute approximate surface area is 150 Å². The number of halogens is 1. The van der Waals surface area contributed by atoms with Crippen LogP contribution in [0.5, 0.6) is 5.75 Å². The lowest BCUT2D eigenvalue weighted by Crippen LogP contribution is -2.32. The molecule has 1 aromatic heterocycles. The second-order valence-corrected chi connectivity index (χ2v) is 6.23. The minimum absolute atomic E-state index is 0.121. The number of aromatic nitrogens is 1. The Kier molecular flexibility index (Phi) is 5.19. The van der Waals surface area contributed by atoms with Crippen LogP contribution < -0.4 is 15.0 Å². The predicted molar refractivity (Wildman–Crippen MR) is 94.5 cm³/mol. The van der Waals surface area contributed by atoms with Crippen molar-refractivity contribution in [2.75, 3.05) is 18.6 Å². The molecule has 2 amide bonds. The highest BCUT2D eigenvalue weighted by molar-refractivity contribution is 6.31. The molecule has 0 unspecified atom stereocenters. The summed E-state index contributed by atoms with van der Waals surface area (Å²) in [5.41, 5.74) is 1.55. The van der Waals surface area contributed by atoms with Crippen LogP contribution in [-0.2, 0) is 16.1 Å². The lowest BCUT2D eigenvalue weighted by atomic mass is 10.1. The molecule has 0 saturated carbocycles. The van der Waals surface area contributed by atoms with Crippen LogP contribution in [0.3, 0.4) is 0 Å². The van der Waals surface area contributed by atoms with E-state index in [0.717, 1.165) is 5.56 Å². The number of hydrogen-bond acceptors (Lipinski definition) is 4. The Morgan fingerprint density at radius 1 is 1.36 bits per heavy atom. The number of hydrogen-bond donors (Lipinski definition) is 1. The number of carbonyl (C=O) groups excluding carboxylic acids is 2. The van der Waals surface area contributed by atoms with Gasteiger partial charge >= 0.3 is 0 Å². The van der Waals surface area contributed by atoms with E-state index < -0.39 is 5.92 Å². The van der Waals surface area contributed by atoms with Crippen molar-refractivity contribution in [3.8, 4) is 5.75 Å². The Bertz CT molecular complexity index is 782. The van der Waals surface area contributed by atoms with E-state index in [0.29, 0.717) is 29.5 Å². The fourth-order valence-electron chi connectivity index (χ4n) is 2.82.